The summed E-state index contributed by atoms with van der Waals surface area (Å²) in [5, 5.41) is 0. The molecule has 0 aromatic carbocycles. The maximum absolute atomic E-state index is 12.2. The molecule has 0 saturated carbocycles. The molecule has 0 fully saturated rings. The minimum atomic E-state index is -0.470. The second-order valence-corrected chi connectivity index (χ2v) is 9.13. The third-order valence-electron chi connectivity index (χ3n) is 2.53. The molecule has 0 aliphatic carbocycles. The van der Waals surface area contributed by atoms with Crippen molar-refractivity contribution in [2.75, 3.05) is 13.2 Å². The smallest absolute Gasteiger partial charge is 0.349 e. The number of carbonyl (C=O) groups excluding carboxylic acids is 2. The lowest BCUT2D eigenvalue weighted by Crippen LogP contribution is -2.21. The fourth-order valence-electron chi connectivity index (χ4n) is 1.52. The van der Waals surface area contributed by atoms with Gasteiger partial charge in [0.2, 0.25) is 0 Å². The molecule has 0 spiro atoms. The number of hydrogen-bond donors (Lipinski definition) is 0. The van der Waals surface area contributed by atoms with Crippen molar-refractivity contribution in [2.45, 2.75) is 48.5 Å². The zero-order valence-electron chi connectivity index (χ0n) is 14.5. The second-order valence-electron chi connectivity index (χ2n) is 7.87. The summed E-state index contributed by atoms with van der Waals surface area (Å²) in [5.74, 6) is -0.933. The summed E-state index contributed by atoms with van der Waals surface area (Å²) in [6.45, 7) is 14.4. The Hall–Kier alpha value is -1.36. The molecule has 0 saturated heterocycles. The van der Waals surface area contributed by atoms with Crippen LogP contribution < -0.4 is 0 Å². The van der Waals surface area contributed by atoms with E-state index in [0.29, 0.717) is 23.7 Å². The Morgan fingerprint density at radius 3 is 1.86 bits per heavy atom. The van der Waals surface area contributed by atoms with Crippen LogP contribution in [0.15, 0.2) is 6.07 Å². The molecule has 1 aromatic rings. The van der Waals surface area contributed by atoms with Gasteiger partial charge >= 0.3 is 11.9 Å². The molecule has 0 radical (unpaired) electrons. The van der Waals surface area contributed by atoms with E-state index in [9.17, 15) is 9.59 Å². The van der Waals surface area contributed by atoms with Crippen LogP contribution in [0, 0.1) is 17.8 Å². The number of hydrogen-bond acceptors (Lipinski definition) is 5. The summed E-state index contributed by atoms with van der Waals surface area (Å²) < 4.78 is 10.6. The summed E-state index contributed by atoms with van der Waals surface area (Å²) in [7, 11) is 0. The zero-order chi connectivity index (χ0) is 17.1. The van der Waals surface area contributed by atoms with E-state index in [1.54, 1.807) is 6.07 Å². The van der Waals surface area contributed by atoms with Gasteiger partial charge in [0.1, 0.15) is 4.88 Å². The van der Waals surface area contributed by atoms with E-state index in [-0.39, 0.29) is 10.8 Å². The number of rotatable bonds is 4. The molecule has 4 nitrogen and oxygen atoms in total. The maximum Gasteiger partial charge on any atom is 0.349 e. The molecule has 22 heavy (non-hydrogen) atoms. The normalized spacial score (nSPS) is 12.1. The van der Waals surface area contributed by atoms with Crippen LogP contribution in [0.3, 0.4) is 0 Å². The average Bonchev–Trinajstić information content (AvgIpc) is 2.73. The Balaban J connectivity index is 2.85. The summed E-state index contributed by atoms with van der Waals surface area (Å²) in [6, 6.07) is 1.68. The third-order valence-corrected chi connectivity index (χ3v) is 3.56. The fraction of sp³-hybridized carbons (Fsp3) is 0.647. The van der Waals surface area contributed by atoms with Crippen molar-refractivity contribution in [2.24, 2.45) is 10.8 Å². The van der Waals surface area contributed by atoms with Crippen LogP contribution >= 0.6 is 11.3 Å². The minimum Gasteiger partial charge on any atom is -0.461 e. The van der Waals surface area contributed by atoms with Crippen molar-refractivity contribution >= 4 is 23.3 Å². The fourth-order valence-corrected chi connectivity index (χ4v) is 2.42. The van der Waals surface area contributed by atoms with Crippen LogP contribution in [0.25, 0.3) is 0 Å². The molecule has 0 aliphatic rings. The van der Waals surface area contributed by atoms with Gasteiger partial charge in [0.25, 0.3) is 0 Å². The largest absolute Gasteiger partial charge is 0.461 e. The van der Waals surface area contributed by atoms with Crippen LogP contribution in [0.5, 0.6) is 0 Å². The molecule has 124 valence electrons. The Kier molecular flexibility index (Phi) is 5.79. The topological polar surface area (TPSA) is 52.6 Å². The van der Waals surface area contributed by atoms with E-state index in [0.717, 1.165) is 4.88 Å². The molecule has 0 amide bonds. The van der Waals surface area contributed by atoms with Gasteiger partial charge in [-0.15, -0.1) is 11.3 Å². The monoisotopic (exact) mass is 326 g/mol. The van der Waals surface area contributed by atoms with E-state index < -0.39 is 11.9 Å². The lowest BCUT2D eigenvalue weighted by Gasteiger charge is -2.18. The highest BCUT2D eigenvalue weighted by molar-refractivity contribution is 7.14. The van der Waals surface area contributed by atoms with Crippen LogP contribution in [-0.2, 0) is 9.47 Å². The summed E-state index contributed by atoms with van der Waals surface area (Å²) in [5.41, 5.74) is 0.0633. The first kappa shape index (κ1) is 18.7. The van der Waals surface area contributed by atoms with Crippen LogP contribution in [0.1, 0.15) is 66.4 Å². The van der Waals surface area contributed by atoms with Gasteiger partial charge in [0.05, 0.1) is 18.8 Å². The van der Waals surface area contributed by atoms with Gasteiger partial charge in [-0.3, -0.25) is 0 Å². The zero-order valence-corrected chi connectivity index (χ0v) is 15.3. The summed E-state index contributed by atoms with van der Waals surface area (Å²) in [6.07, 6.45) is 0. The Bertz CT molecular complexity index is 496. The van der Waals surface area contributed by atoms with Crippen molar-refractivity contribution in [3.8, 4) is 0 Å². The van der Waals surface area contributed by atoms with Crippen LogP contribution in [0.2, 0.25) is 0 Å². The van der Waals surface area contributed by atoms with Gasteiger partial charge in [-0.1, -0.05) is 41.5 Å². The standard InChI is InChI=1S/C17H26O4S/c1-11-8-12(14(18)20-9-16(2,3)4)13(22-11)15(19)21-10-17(5,6)7/h8H,9-10H2,1-7H3. The lowest BCUT2D eigenvalue weighted by molar-refractivity contribution is 0.0327. The van der Waals surface area contributed by atoms with E-state index in [2.05, 4.69) is 0 Å². The molecule has 0 unspecified atom stereocenters. The first-order valence-corrected chi connectivity index (χ1v) is 8.15. The molecule has 0 N–H and O–H groups in total. The lowest BCUT2D eigenvalue weighted by atomic mass is 9.98. The van der Waals surface area contributed by atoms with Gasteiger partial charge in [0, 0.05) is 4.88 Å². The molecule has 1 aromatic heterocycles. The molecular formula is C17H26O4S. The third kappa shape index (κ3) is 6.18. The highest BCUT2D eigenvalue weighted by Crippen LogP contribution is 2.25. The maximum atomic E-state index is 12.2. The van der Waals surface area contributed by atoms with Crippen molar-refractivity contribution in [3.63, 3.8) is 0 Å². The quantitative estimate of drug-likeness (QED) is 0.766. The molecule has 5 heteroatoms. The highest BCUT2D eigenvalue weighted by atomic mass is 32.1. The first-order valence-electron chi connectivity index (χ1n) is 7.34. The SMILES string of the molecule is Cc1cc(C(=O)OCC(C)(C)C)c(C(=O)OCC(C)(C)C)s1. The molecule has 1 rings (SSSR count). The van der Waals surface area contributed by atoms with Crippen molar-refractivity contribution in [1.29, 1.82) is 0 Å². The Labute approximate surface area is 136 Å². The second kappa shape index (κ2) is 6.82. The number of ether oxygens (including phenoxy) is 2. The van der Waals surface area contributed by atoms with E-state index in [4.69, 9.17) is 9.47 Å². The number of thiophene rings is 1. The molecule has 0 atom stereocenters. The number of carbonyl (C=O) groups is 2. The van der Waals surface area contributed by atoms with E-state index in [1.807, 2.05) is 48.5 Å². The van der Waals surface area contributed by atoms with Crippen LogP contribution in [-0.4, -0.2) is 25.2 Å². The minimum absolute atomic E-state index is 0.116. The molecular weight excluding hydrogens is 300 g/mol. The first-order chi connectivity index (χ1) is 9.89. The Morgan fingerprint density at radius 2 is 1.41 bits per heavy atom. The summed E-state index contributed by atoms with van der Waals surface area (Å²) in [4.78, 5) is 25.6. The van der Waals surface area contributed by atoms with Crippen LogP contribution in [0.4, 0.5) is 0 Å². The molecule has 1 heterocycles. The van der Waals surface area contributed by atoms with Gasteiger partial charge in [-0.25, -0.2) is 9.59 Å². The average molecular weight is 326 g/mol. The van der Waals surface area contributed by atoms with Crippen molar-refractivity contribution < 1.29 is 19.1 Å². The van der Waals surface area contributed by atoms with Gasteiger partial charge < -0.3 is 9.47 Å². The highest BCUT2D eigenvalue weighted by Gasteiger charge is 2.25. The van der Waals surface area contributed by atoms with E-state index >= 15 is 0 Å². The van der Waals surface area contributed by atoms with Gasteiger partial charge in [-0.05, 0) is 23.8 Å². The predicted molar refractivity (Wildman–Crippen MR) is 88.5 cm³/mol. The Morgan fingerprint density at radius 1 is 0.955 bits per heavy atom. The van der Waals surface area contributed by atoms with Gasteiger partial charge in [-0.2, -0.15) is 0 Å². The summed E-state index contributed by atoms with van der Waals surface area (Å²) >= 11 is 1.26. The van der Waals surface area contributed by atoms with Gasteiger partial charge in [0.15, 0.2) is 0 Å². The number of esters is 2. The number of aryl methyl sites for hydroxylation is 1. The predicted octanol–water partition coefficient (Wildman–Crippen LogP) is 4.46. The van der Waals surface area contributed by atoms with E-state index in [1.165, 1.54) is 11.3 Å². The van der Waals surface area contributed by atoms with Crippen molar-refractivity contribution in [3.05, 3.63) is 21.4 Å². The molecule has 0 aliphatic heterocycles. The molecule has 0 bridgehead atoms. The van der Waals surface area contributed by atoms with Crippen molar-refractivity contribution in [1.82, 2.24) is 0 Å².